The predicted octanol–water partition coefficient (Wildman–Crippen LogP) is 5.52. The van der Waals surface area contributed by atoms with Gasteiger partial charge in [-0.05, 0) is 92.8 Å². The molecule has 0 unspecified atom stereocenters. The van der Waals surface area contributed by atoms with E-state index in [1.165, 1.54) is 12.1 Å². The Labute approximate surface area is 196 Å². The van der Waals surface area contributed by atoms with Crippen molar-refractivity contribution < 1.29 is 17.9 Å². The van der Waals surface area contributed by atoms with E-state index in [4.69, 9.17) is 4.74 Å². The van der Waals surface area contributed by atoms with Crippen LogP contribution in [0.1, 0.15) is 35.6 Å². The number of anilines is 2. The third-order valence-electron chi connectivity index (χ3n) is 5.35. The number of ether oxygens (including phenoxy) is 1. The smallest absolute Gasteiger partial charge is 0.265 e. The molecule has 0 aliphatic heterocycles. The van der Waals surface area contributed by atoms with Gasteiger partial charge in [-0.15, -0.1) is 0 Å². The molecular formula is C26H30N2O4S. The van der Waals surface area contributed by atoms with Gasteiger partial charge < -0.3 is 10.1 Å². The zero-order chi connectivity index (χ0) is 24.2. The van der Waals surface area contributed by atoms with Crippen LogP contribution >= 0.6 is 0 Å². The zero-order valence-electron chi connectivity index (χ0n) is 19.6. The van der Waals surface area contributed by atoms with Crippen molar-refractivity contribution in [3.63, 3.8) is 0 Å². The number of benzene rings is 3. The lowest BCUT2D eigenvalue weighted by molar-refractivity contribution is -0.122. The summed E-state index contributed by atoms with van der Waals surface area (Å²) in [6, 6.07) is 17.5. The molecule has 3 rings (SSSR count). The van der Waals surface area contributed by atoms with E-state index in [0.717, 1.165) is 22.3 Å². The summed E-state index contributed by atoms with van der Waals surface area (Å²) >= 11 is 0. The van der Waals surface area contributed by atoms with E-state index in [2.05, 4.69) is 10.0 Å². The Morgan fingerprint density at radius 2 is 1.48 bits per heavy atom. The molecule has 0 aliphatic rings. The standard InChI is InChI=1S/C26H30N2O4S/c1-6-24(32-25-16-18(3)8-10-20(25)5)26(29)27-21-11-13-22(14-12-21)33(30,31)28-23-15-17(2)7-9-19(23)4/h7-16,24,28H,6H2,1-5H3,(H,27,29)/t24-/m1/s1. The number of nitrogens with one attached hydrogen (secondary N) is 2. The van der Waals surface area contributed by atoms with E-state index in [1.807, 2.05) is 65.0 Å². The molecule has 0 saturated carbocycles. The van der Waals surface area contributed by atoms with E-state index >= 15 is 0 Å². The molecule has 174 valence electrons. The van der Waals surface area contributed by atoms with Crippen molar-refractivity contribution in [3.05, 3.63) is 82.9 Å². The van der Waals surface area contributed by atoms with Crippen molar-refractivity contribution in [1.82, 2.24) is 0 Å². The molecule has 0 heterocycles. The molecular weight excluding hydrogens is 436 g/mol. The minimum absolute atomic E-state index is 0.111. The van der Waals surface area contributed by atoms with Crippen molar-refractivity contribution >= 4 is 27.3 Å². The first-order chi connectivity index (χ1) is 15.6. The molecule has 0 fully saturated rings. The molecule has 0 bridgehead atoms. The molecule has 0 spiro atoms. The van der Waals surface area contributed by atoms with Crippen molar-refractivity contribution in [2.45, 2.75) is 52.0 Å². The van der Waals surface area contributed by atoms with Crippen LogP contribution in [-0.2, 0) is 14.8 Å². The highest BCUT2D eigenvalue weighted by atomic mass is 32.2. The van der Waals surface area contributed by atoms with Crippen molar-refractivity contribution in [2.24, 2.45) is 0 Å². The second kappa shape index (κ2) is 10.1. The topological polar surface area (TPSA) is 84.5 Å². The summed E-state index contributed by atoms with van der Waals surface area (Å²) in [6.45, 7) is 9.54. The fourth-order valence-corrected chi connectivity index (χ4v) is 4.42. The van der Waals surface area contributed by atoms with E-state index in [-0.39, 0.29) is 10.8 Å². The summed E-state index contributed by atoms with van der Waals surface area (Å²) in [5.74, 6) is 0.387. The Morgan fingerprint density at radius 3 is 2.12 bits per heavy atom. The van der Waals surface area contributed by atoms with Gasteiger partial charge >= 0.3 is 0 Å². The number of amides is 1. The first-order valence-corrected chi connectivity index (χ1v) is 12.3. The molecule has 0 saturated heterocycles. The van der Waals surface area contributed by atoms with Gasteiger partial charge in [0.15, 0.2) is 6.10 Å². The first-order valence-electron chi connectivity index (χ1n) is 10.8. The van der Waals surface area contributed by atoms with Gasteiger partial charge in [0.05, 0.1) is 10.6 Å². The molecule has 3 aromatic rings. The maximum atomic E-state index is 12.8. The summed E-state index contributed by atoms with van der Waals surface area (Å²) < 4.78 is 34.2. The number of carbonyl (C=O) groups is 1. The number of rotatable bonds is 8. The highest BCUT2D eigenvalue weighted by Crippen LogP contribution is 2.24. The highest BCUT2D eigenvalue weighted by molar-refractivity contribution is 7.92. The summed E-state index contributed by atoms with van der Waals surface area (Å²) in [7, 11) is -3.76. The molecule has 6 nitrogen and oxygen atoms in total. The van der Waals surface area contributed by atoms with Crippen LogP contribution < -0.4 is 14.8 Å². The maximum absolute atomic E-state index is 12.8. The van der Waals surface area contributed by atoms with Crippen LogP contribution in [-0.4, -0.2) is 20.4 Å². The van der Waals surface area contributed by atoms with Crippen LogP contribution in [0.25, 0.3) is 0 Å². The fraction of sp³-hybridized carbons (Fsp3) is 0.269. The second-order valence-electron chi connectivity index (χ2n) is 8.22. The van der Waals surface area contributed by atoms with Crippen LogP contribution in [0.15, 0.2) is 65.6 Å². The molecule has 3 aromatic carbocycles. The van der Waals surface area contributed by atoms with Crippen molar-refractivity contribution in [1.29, 1.82) is 0 Å². The van der Waals surface area contributed by atoms with Crippen LogP contribution in [0.2, 0.25) is 0 Å². The average molecular weight is 467 g/mol. The Hall–Kier alpha value is -3.32. The lowest BCUT2D eigenvalue weighted by Crippen LogP contribution is -2.32. The second-order valence-corrected chi connectivity index (χ2v) is 9.90. The van der Waals surface area contributed by atoms with Crippen molar-refractivity contribution in [2.75, 3.05) is 10.0 Å². The van der Waals surface area contributed by atoms with Crippen LogP contribution in [0.5, 0.6) is 5.75 Å². The molecule has 0 aliphatic carbocycles. The van der Waals surface area contributed by atoms with Crippen LogP contribution in [0.4, 0.5) is 11.4 Å². The van der Waals surface area contributed by atoms with Gasteiger partial charge in [-0.1, -0.05) is 31.2 Å². The summed E-state index contributed by atoms with van der Waals surface area (Å²) in [5.41, 5.74) is 4.85. The summed E-state index contributed by atoms with van der Waals surface area (Å²) in [4.78, 5) is 12.9. The lowest BCUT2D eigenvalue weighted by Gasteiger charge is -2.19. The normalized spacial score (nSPS) is 12.2. The molecule has 7 heteroatoms. The minimum atomic E-state index is -3.76. The monoisotopic (exact) mass is 466 g/mol. The Kier molecular flexibility index (Phi) is 7.43. The Morgan fingerprint density at radius 1 is 0.879 bits per heavy atom. The highest BCUT2D eigenvalue weighted by Gasteiger charge is 2.20. The van der Waals surface area contributed by atoms with E-state index in [0.29, 0.717) is 23.5 Å². The number of aryl methyl sites for hydroxylation is 4. The van der Waals surface area contributed by atoms with Crippen molar-refractivity contribution in [3.8, 4) is 5.75 Å². The molecule has 0 aromatic heterocycles. The Bertz CT molecular complexity index is 1250. The maximum Gasteiger partial charge on any atom is 0.265 e. The van der Waals surface area contributed by atoms with Gasteiger partial charge in [-0.2, -0.15) is 0 Å². The summed E-state index contributed by atoms with van der Waals surface area (Å²) in [6.07, 6.45) is -0.175. The molecule has 2 N–H and O–H groups in total. The van der Waals surface area contributed by atoms with Gasteiger partial charge in [-0.3, -0.25) is 9.52 Å². The lowest BCUT2D eigenvalue weighted by atomic mass is 10.1. The van der Waals surface area contributed by atoms with Gasteiger partial charge in [-0.25, -0.2) is 8.42 Å². The SMILES string of the molecule is CC[C@@H](Oc1cc(C)ccc1C)C(=O)Nc1ccc(S(=O)(=O)Nc2cc(C)ccc2C)cc1. The molecule has 0 radical (unpaired) electrons. The van der Waals surface area contributed by atoms with Gasteiger partial charge in [0.1, 0.15) is 5.75 Å². The van der Waals surface area contributed by atoms with Gasteiger partial charge in [0.2, 0.25) is 0 Å². The number of carbonyl (C=O) groups excluding carboxylic acids is 1. The van der Waals surface area contributed by atoms with Gasteiger partial charge in [0, 0.05) is 5.69 Å². The number of hydrogen-bond acceptors (Lipinski definition) is 4. The zero-order valence-corrected chi connectivity index (χ0v) is 20.4. The third-order valence-corrected chi connectivity index (χ3v) is 6.73. The quantitative estimate of drug-likeness (QED) is 0.458. The fourth-order valence-electron chi connectivity index (χ4n) is 3.30. The molecule has 33 heavy (non-hydrogen) atoms. The van der Waals surface area contributed by atoms with E-state index in [1.54, 1.807) is 18.2 Å². The molecule has 1 atom stereocenters. The number of sulfonamides is 1. The summed E-state index contributed by atoms with van der Waals surface area (Å²) in [5, 5.41) is 2.81. The number of hydrogen-bond donors (Lipinski definition) is 2. The Balaban J connectivity index is 1.70. The van der Waals surface area contributed by atoms with E-state index in [9.17, 15) is 13.2 Å². The molecule has 1 amide bonds. The van der Waals surface area contributed by atoms with Gasteiger partial charge in [0.25, 0.3) is 15.9 Å². The van der Waals surface area contributed by atoms with Crippen LogP contribution in [0, 0.1) is 27.7 Å². The van der Waals surface area contributed by atoms with E-state index < -0.39 is 16.1 Å². The third kappa shape index (κ3) is 6.14. The van der Waals surface area contributed by atoms with Crippen LogP contribution in [0.3, 0.4) is 0 Å². The average Bonchev–Trinajstić information content (AvgIpc) is 2.77. The predicted molar refractivity (Wildman–Crippen MR) is 132 cm³/mol. The minimum Gasteiger partial charge on any atom is -0.480 e. The largest absolute Gasteiger partial charge is 0.480 e. The first kappa shape index (κ1) is 24.3.